The Bertz CT molecular complexity index is 600. The van der Waals surface area contributed by atoms with E-state index >= 15 is 0 Å². The first-order chi connectivity index (χ1) is 11.1. The van der Waals surface area contributed by atoms with Gasteiger partial charge in [0.25, 0.3) is 0 Å². The fourth-order valence-corrected chi connectivity index (χ4v) is 1.89. The number of Topliss-reactive ketones (excluding diaryl/α,β-unsaturated/α-hetero) is 1. The van der Waals surface area contributed by atoms with E-state index in [1.165, 1.54) is 12.1 Å². The monoisotopic (exact) mass is 255 g/mol. The Labute approximate surface area is 116 Å². The molecule has 1 aromatic carbocycles. The average Bonchev–Trinajstić information content (AvgIpc) is 2.90. The maximum absolute atomic E-state index is 12.8. The van der Waals surface area contributed by atoms with Crippen molar-refractivity contribution < 1.29 is 22.5 Å². The molecule has 0 saturated heterocycles. The minimum Gasteiger partial charge on any atom is -0.454 e. The van der Waals surface area contributed by atoms with Crippen LogP contribution in [-0.4, -0.2) is 37.5 Å². The number of hydrogen-bond donors (Lipinski definition) is 0. The molecule has 0 aromatic heterocycles. The third kappa shape index (κ3) is 2.48. The van der Waals surface area contributed by atoms with E-state index in [0.29, 0.717) is 22.8 Å². The quantitative estimate of drug-likeness (QED) is 0.757. The van der Waals surface area contributed by atoms with Gasteiger partial charge in [-0.3, -0.25) is 9.69 Å². The van der Waals surface area contributed by atoms with Gasteiger partial charge in [0, 0.05) is 13.8 Å². The minimum atomic E-state index is -2.92. The van der Waals surface area contributed by atoms with Crippen LogP contribution >= 0.6 is 0 Å². The summed E-state index contributed by atoms with van der Waals surface area (Å²) in [5.74, 6) is 0.301. The summed E-state index contributed by atoms with van der Waals surface area (Å²) in [5.41, 5.74) is 0.191. The number of rotatable bonds is 5. The molecule has 1 heterocycles. The molecule has 0 fully saturated rings. The Kier molecular flexibility index (Phi) is 2.14. The molecular formula is C14H19NO3. The van der Waals surface area contributed by atoms with Crippen molar-refractivity contribution >= 4 is 5.78 Å². The zero-order chi connectivity index (χ0) is 18.1. The van der Waals surface area contributed by atoms with Gasteiger partial charge < -0.3 is 9.47 Å². The summed E-state index contributed by atoms with van der Waals surface area (Å²) in [6.45, 7) is -4.03. The first-order valence-corrected chi connectivity index (χ1v) is 5.79. The van der Waals surface area contributed by atoms with Crippen LogP contribution in [0.3, 0.4) is 0 Å². The van der Waals surface area contributed by atoms with Crippen LogP contribution in [0.15, 0.2) is 18.2 Å². The summed E-state index contributed by atoms with van der Waals surface area (Å²) < 4.78 is 55.6. The van der Waals surface area contributed by atoms with Crippen molar-refractivity contribution in [1.82, 2.24) is 4.90 Å². The summed E-state index contributed by atoms with van der Waals surface area (Å²) in [4.78, 5) is 13.2. The number of fused-ring (bicyclic) bond motifs is 1. The predicted molar refractivity (Wildman–Crippen MR) is 69.3 cm³/mol. The topological polar surface area (TPSA) is 38.8 Å². The molecule has 4 nitrogen and oxygen atoms in total. The molecule has 1 atom stereocenters. The molecule has 1 aliphatic heterocycles. The van der Waals surface area contributed by atoms with Crippen molar-refractivity contribution in [2.24, 2.45) is 0 Å². The van der Waals surface area contributed by atoms with Crippen molar-refractivity contribution in [2.45, 2.75) is 25.8 Å². The molecule has 0 aliphatic carbocycles. The SMILES string of the molecule is [2H]C([2H])([2H])N(C(CCC)C(=O)c1ccc2c(c1)OCO2)C([2H])([2H])[2H]. The van der Waals surface area contributed by atoms with Crippen LogP contribution in [-0.2, 0) is 0 Å². The van der Waals surface area contributed by atoms with E-state index in [9.17, 15) is 4.79 Å². The summed E-state index contributed by atoms with van der Waals surface area (Å²) in [6.07, 6.45) is 0.577. The van der Waals surface area contributed by atoms with E-state index in [4.69, 9.17) is 17.7 Å². The Balaban J connectivity index is 2.40. The van der Waals surface area contributed by atoms with Gasteiger partial charge >= 0.3 is 0 Å². The van der Waals surface area contributed by atoms with Crippen molar-refractivity contribution in [3.05, 3.63) is 23.8 Å². The molecular weight excluding hydrogens is 230 g/mol. The van der Waals surface area contributed by atoms with Crippen LogP contribution in [0.1, 0.15) is 38.3 Å². The second-order valence-corrected chi connectivity index (χ2v) is 4.11. The first-order valence-electron chi connectivity index (χ1n) is 8.79. The molecule has 1 aromatic rings. The fraction of sp³-hybridized carbons (Fsp3) is 0.500. The zero-order valence-electron chi connectivity index (χ0n) is 16.1. The Hall–Kier alpha value is -1.55. The van der Waals surface area contributed by atoms with Gasteiger partial charge in [-0.15, -0.1) is 0 Å². The van der Waals surface area contributed by atoms with Gasteiger partial charge in [-0.25, -0.2) is 0 Å². The second kappa shape index (κ2) is 5.40. The molecule has 0 saturated carbocycles. The molecule has 0 N–H and O–H groups in total. The number of ketones is 1. The lowest BCUT2D eigenvalue weighted by atomic mass is 9.99. The first kappa shape index (κ1) is 7.14. The molecule has 0 bridgehead atoms. The Morgan fingerprint density at radius 3 is 2.94 bits per heavy atom. The van der Waals surface area contributed by atoms with Crippen LogP contribution in [0.2, 0.25) is 0 Å². The number of benzene rings is 1. The number of nitrogens with zero attached hydrogens (tertiary/aromatic N) is 1. The molecule has 98 valence electrons. The van der Waals surface area contributed by atoms with Gasteiger partial charge in [0.05, 0.1) is 6.04 Å². The van der Waals surface area contributed by atoms with E-state index in [0.717, 1.165) is 0 Å². The molecule has 0 amide bonds. The number of ether oxygens (including phenoxy) is 2. The van der Waals surface area contributed by atoms with Crippen LogP contribution in [0.4, 0.5) is 0 Å². The van der Waals surface area contributed by atoms with Gasteiger partial charge in [-0.05, 0) is 38.6 Å². The highest BCUT2D eigenvalue weighted by molar-refractivity contribution is 6.00. The minimum absolute atomic E-state index is 0.0437. The second-order valence-electron chi connectivity index (χ2n) is 4.11. The third-order valence-corrected chi connectivity index (χ3v) is 2.83. The summed E-state index contributed by atoms with van der Waals surface area (Å²) >= 11 is 0. The number of hydrogen-bond acceptors (Lipinski definition) is 4. The number of carbonyl (C=O) groups is 1. The van der Waals surface area contributed by atoms with Gasteiger partial charge in [-0.2, -0.15) is 0 Å². The predicted octanol–water partition coefficient (Wildman–Crippen LogP) is 2.33. The maximum Gasteiger partial charge on any atom is 0.231 e. The molecule has 1 aliphatic rings. The highest BCUT2D eigenvalue weighted by atomic mass is 16.7. The normalized spacial score (nSPS) is 21.2. The molecule has 18 heavy (non-hydrogen) atoms. The molecule has 1 unspecified atom stereocenters. The number of likely N-dealkylation sites (N-methyl/N-ethyl adjacent to an activating group) is 1. The van der Waals surface area contributed by atoms with Crippen LogP contribution in [0.25, 0.3) is 0 Å². The van der Waals surface area contributed by atoms with Crippen LogP contribution in [0, 0.1) is 0 Å². The standard InChI is InChI=1S/C14H19NO3/c1-4-5-11(15(2)3)14(16)10-6-7-12-13(8-10)18-9-17-12/h6-8,11H,4-5,9H2,1-3H3/i2D3,3D3. The smallest absolute Gasteiger partial charge is 0.231 e. The lowest BCUT2D eigenvalue weighted by Crippen LogP contribution is -2.35. The molecule has 4 heteroatoms. The largest absolute Gasteiger partial charge is 0.454 e. The van der Waals surface area contributed by atoms with E-state index in [-0.39, 0.29) is 18.8 Å². The summed E-state index contributed by atoms with van der Waals surface area (Å²) in [6, 6.07) is 3.20. The van der Waals surface area contributed by atoms with Crippen molar-refractivity contribution in [1.29, 1.82) is 0 Å². The lowest BCUT2D eigenvalue weighted by molar-refractivity contribution is 0.0865. The maximum atomic E-state index is 12.8. The zero-order valence-corrected chi connectivity index (χ0v) is 10.1. The Morgan fingerprint density at radius 1 is 1.44 bits per heavy atom. The van der Waals surface area contributed by atoms with Crippen LogP contribution in [0.5, 0.6) is 11.5 Å². The average molecular weight is 255 g/mol. The molecule has 0 spiro atoms. The van der Waals surface area contributed by atoms with E-state index in [1.54, 1.807) is 13.0 Å². The fourth-order valence-electron chi connectivity index (χ4n) is 1.89. The third-order valence-electron chi connectivity index (χ3n) is 2.83. The Morgan fingerprint density at radius 2 is 2.22 bits per heavy atom. The van der Waals surface area contributed by atoms with Gasteiger partial charge in [0.2, 0.25) is 6.79 Å². The van der Waals surface area contributed by atoms with Gasteiger partial charge in [0.1, 0.15) is 0 Å². The molecule has 0 radical (unpaired) electrons. The molecule has 2 rings (SSSR count). The lowest BCUT2D eigenvalue weighted by Gasteiger charge is -2.22. The van der Waals surface area contributed by atoms with E-state index < -0.39 is 25.8 Å². The summed E-state index contributed by atoms with van der Waals surface area (Å²) in [7, 11) is 0. The number of carbonyl (C=O) groups excluding carboxylic acids is 1. The van der Waals surface area contributed by atoms with E-state index in [2.05, 4.69) is 0 Å². The summed E-state index contributed by atoms with van der Waals surface area (Å²) in [5, 5.41) is 0. The van der Waals surface area contributed by atoms with Crippen molar-refractivity contribution in [2.75, 3.05) is 20.7 Å². The van der Waals surface area contributed by atoms with Crippen LogP contribution < -0.4 is 9.47 Å². The van der Waals surface area contributed by atoms with Gasteiger partial charge in [0.15, 0.2) is 17.3 Å². The highest BCUT2D eigenvalue weighted by Gasteiger charge is 2.23. The van der Waals surface area contributed by atoms with Crippen molar-refractivity contribution in [3.63, 3.8) is 0 Å². The van der Waals surface area contributed by atoms with E-state index in [1.807, 2.05) is 0 Å². The van der Waals surface area contributed by atoms with Gasteiger partial charge in [-0.1, -0.05) is 13.3 Å². The highest BCUT2D eigenvalue weighted by Crippen LogP contribution is 2.33. The van der Waals surface area contributed by atoms with Crippen molar-refractivity contribution in [3.8, 4) is 11.5 Å².